The average Bonchev–Trinajstić information content (AvgIpc) is 2.51. The molecule has 2 rings (SSSR count). The predicted octanol–water partition coefficient (Wildman–Crippen LogP) is 4.38. The number of carbonyl (C=O) groups excluding carboxylic acids is 2. The van der Waals surface area contributed by atoms with Crippen LogP contribution in [0.15, 0.2) is 36.4 Å². The van der Waals surface area contributed by atoms with Crippen LogP contribution in [0.3, 0.4) is 0 Å². The quantitative estimate of drug-likeness (QED) is 0.660. The van der Waals surface area contributed by atoms with Gasteiger partial charge >= 0.3 is 12.4 Å². The number of hydrogen-bond acceptors (Lipinski definition) is 3. The Morgan fingerprint density at radius 1 is 1.07 bits per heavy atom. The molecule has 27 heavy (non-hydrogen) atoms. The number of hydrogen-bond donors (Lipinski definition) is 3. The van der Waals surface area contributed by atoms with E-state index in [-0.39, 0.29) is 22.0 Å². The highest BCUT2D eigenvalue weighted by Crippen LogP contribution is 2.28. The van der Waals surface area contributed by atoms with Gasteiger partial charge in [-0.25, -0.2) is 9.18 Å². The Hall–Kier alpha value is -3.01. The molecule has 2 aromatic rings. The van der Waals surface area contributed by atoms with Gasteiger partial charge in [0.05, 0.1) is 11.3 Å². The maximum Gasteiger partial charge on any atom is 0.573 e. The molecule has 3 N–H and O–H groups in total. The molecule has 144 valence electrons. The molecule has 0 bridgehead atoms. The Bertz CT molecular complexity index is 854. The Morgan fingerprint density at radius 2 is 1.78 bits per heavy atom. The minimum absolute atomic E-state index is 0.00156. The molecule has 11 heteroatoms. The molecule has 0 aliphatic carbocycles. The summed E-state index contributed by atoms with van der Waals surface area (Å²) in [6.45, 7) is 0. The normalized spacial score (nSPS) is 10.9. The van der Waals surface area contributed by atoms with Crippen LogP contribution in [0.2, 0.25) is 5.02 Å². The van der Waals surface area contributed by atoms with Crippen LogP contribution in [-0.2, 0) is 0 Å². The standard InChI is InChI=1S/C16H12ClF4N3O3/c1-22-14(25)12-3-2-11(27-16(19,20)21)7-13(12)24-15(26)23-10-5-8(17)4-9(18)6-10/h2-7H,1H3,(H,22,25)(H2,23,24,26). The molecule has 6 nitrogen and oxygen atoms in total. The summed E-state index contributed by atoms with van der Waals surface area (Å²) < 4.78 is 54.2. The number of ether oxygens (including phenoxy) is 1. The van der Waals surface area contributed by atoms with Crippen LogP contribution < -0.4 is 20.7 Å². The largest absolute Gasteiger partial charge is 0.573 e. The number of rotatable bonds is 4. The second kappa shape index (κ2) is 8.12. The molecule has 0 spiro atoms. The van der Waals surface area contributed by atoms with Crippen molar-refractivity contribution in [3.8, 4) is 5.75 Å². The van der Waals surface area contributed by atoms with Crippen LogP contribution in [0.25, 0.3) is 0 Å². The van der Waals surface area contributed by atoms with E-state index in [0.717, 1.165) is 30.3 Å². The molecule has 0 heterocycles. The summed E-state index contributed by atoms with van der Waals surface area (Å²) in [6, 6.07) is 5.12. The Kier molecular flexibility index (Phi) is 6.11. The third kappa shape index (κ3) is 6.03. The molecule has 0 unspecified atom stereocenters. The Balaban J connectivity index is 2.26. The van der Waals surface area contributed by atoms with Crippen molar-refractivity contribution in [2.45, 2.75) is 6.36 Å². The summed E-state index contributed by atoms with van der Waals surface area (Å²) in [5.74, 6) is -2.00. The maximum absolute atomic E-state index is 13.3. The number of anilines is 2. The van der Waals surface area contributed by atoms with Gasteiger partial charge < -0.3 is 20.7 Å². The fourth-order valence-electron chi connectivity index (χ4n) is 2.07. The first kappa shape index (κ1) is 20.3. The molecule has 0 radical (unpaired) electrons. The monoisotopic (exact) mass is 405 g/mol. The minimum Gasteiger partial charge on any atom is -0.406 e. The van der Waals surface area contributed by atoms with Gasteiger partial charge in [0, 0.05) is 23.8 Å². The van der Waals surface area contributed by atoms with E-state index < -0.39 is 29.9 Å². The van der Waals surface area contributed by atoms with Gasteiger partial charge in [-0.15, -0.1) is 13.2 Å². The molecule has 0 aromatic heterocycles. The van der Waals surface area contributed by atoms with E-state index in [1.54, 1.807) is 0 Å². The van der Waals surface area contributed by atoms with E-state index >= 15 is 0 Å². The molecule has 0 aliphatic rings. The lowest BCUT2D eigenvalue weighted by Gasteiger charge is -2.14. The van der Waals surface area contributed by atoms with Crippen molar-refractivity contribution in [2.24, 2.45) is 0 Å². The summed E-state index contributed by atoms with van der Waals surface area (Å²) in [5, 5.41) is 6.78. The second-order valence-electron chi connectivity index (χ2n) is 5.07. The average molecular weight is 406 g/mol. The van der Waals surface area contributed by atoms with Crippen LogP contribution >= 0.6 is 11.6 Å². The summed E-state index contributed by atoms with van der Waals surface area (Å²) in [7, 11) is 1.31. The number of alkyl halides is 3. The van der Waals surface area contributed by atoms with Gasteiger partial charge in [0.15, 0.2) is 0 Å². The highest BCUT2D eigenvalue weighted by atomic mass is 35.5. The maximum atomic E-state index is 13.3. The first-order valence-electron chi connectivity index (χ1n) is 7.23. The van der Waals surface area contributed by atoms with E-state index in [2.05, 4.69) is 20.7 Å². The fourth-order valence-corrected chi connectivity index (χ4v) is 2.29. The molecule has 0 saturated carbocycles. The number of urea groups is 1. The SMILES string of the molecule is CNC(=O)c1ccc(OC(F)(F)F)cc1NC(=O)Nc1cc(F)cc(Cl)c1. The van der Waals surface area contributed by atoms with Crippen molar-refractivity contribution in [1.29, 1.82) is 0 Å². The molecule has 3 amide bonds. The van der Waals surface area contributed by atoms with Gasteiger partial charge in [-0.1, -0.05) is 11.6 Å². The smallest absolute Gasteiger partial charge is 0.406 e. The van der Waals surface area contributed by atoms with Crippen LogP contribution in [0.4, 0.5) is 33.7 Å². The van der Waals surface area contributed by atoms with Gasteiger partial charge in [0.2, 0.25) is 0 Å². The van der Waals surface area contributed by atoms with Crippen molar-refractivity contribution in [3.05, 3.63) is 52.8 Å². The third-order valence-corrected chi connectivity index (χ3v) is 3.28. The summed E-state index contributed by atoms with van der Waals surface area (Å²) in [6.07, 6.45) is -4.95. The fraction of sp³-hybridized carbons (Fsp3) is 0.125. The first-order valence-corrected chi connectivity index (χ1v) is 7.61. The first-order chi connectivity index (χ1) is 12.6. The van der Waals surface area contributed by atoms with Crippen LogP contribution in [0, 0.1) is 5.82 Å². The van der Waals surface area contributed by atoms with Crippen molar-refractivity contribution >= 4 is 34.9 Å². The zero-order valence-corrected chi connectivity index (χ0v) is 14.3. The predicted molar refractivity (Wildman–Crippen MR) is 90.6 cm³/mol. The number of benzene rings is 2. The van der Waals surface area contributed by atoms with E-state index in [9.17, 15) is 27.2 Å². The molecule has 0 fully saturated rings. The molecular weight excluding hydrogens is 394 g/mol. The van der Waals surface area contributed by atoms with Crippen LogP contribution in [0.1, 0.15) is 10.4 Å². The second-order valence-corrected chi connectivity index (χ2v) is 5.51. The van der Waals surface area contributed by atoms with E-state index in [1.807, 2.05) is 0 Å². The van der Waals surface area contributed by atoms with Gasteiger partial charge in [-0.2, -0.15) is 0 Å². The topological polar surface area (TPSA) is 79.5 Å². The summed E-state index contributed by atoms with van der Waals surface area (Å²) in [4.78, 5) is 23.9. The van der Waals surface area contributed by atoms with Crippen molar-refractivity contribution in [1.82, 2.24) is 5.32 Å². The lowest BCUT2D eigenvalue weighted by atomic mass is 10.1. The minimum atomic E-state index is -4.95. The Labute approximate surface area is 155 Å². The number of nitrogens with one attached hydrogen (secondary N) is 3. The lowest BCUT2D eigenvalue weighted by Crippen LogP contribution is -2.24. The van der Waals surface area contributed by atoms with Gasteiger partial charge in [0.1, 0.15) is 11.6 Å². The van der Waals surface area contributed by atoms with Gasteiger partial charge in [-0.3, -0.25) is 4.79 Å². The van der Waals surface area contributed by atoms with Crippen LogP contribution in [-0.4, -0.2) is 25.3 Å². The third-order valence-electron chi connectivity index (χ3n) is 3.06. The zero-order chi connectivity index (χ0) is 20.2. The van der Waals surface area contributed by atoms with E-state index in [1.165, 1.54) is 13.1 Å². The lowest BCUT2D eigenvalue weighted by molar-refractivity contribution is -0.274. The van der Waals surface area contributed by atoms with Gasteiger partial charge in [-0.05, 0) is 30.3 Å². The number of halogens is 5. The molecular formula is C16H12ClF4N3O3. The highest BCUT2D eigenvalue weighted by molar-refractivity contribution is 6.31. The number of amides is 3. The van der Waals surface area contributed by atoms with Gasteiger partial charge in [0.25, 0.3) is 5.91 Å². The highest BCUT2D eigenvalue weighted by Gasteiger charge is 2.31. The van der Waals surface area contributed by atoms with Crippen molar-refractivity contribution in [2.75, 3.05) is 17.7 Å². The van der Waals surface area contributed by atoms with Crippen molar-refractivity contribution in [3.63, 3.8) is 0 Å². The molecule has 0 atom stereocenters. The molecule has 0 saturated heterocycles. The van der Waals surface area contributed by atoms with E-state index in [4.69, 9.17) is 11.6 Å². The van der Waals surface area contributed by atoms with E-state index in [0.29, 0.717) is 0 Å². The summed E-state index contributed by atoms with van der Waals surface area (Å²) in [5.41, 5.74) is -0.364. The molecule has 0 aliphatic heterocycles. The number of carbonyl (C=O) groups is 2. The van der Waals surface area contributed by atoms with Crippen molar-refractivity contribution < 1.29 is 31.9 Å². The molecule has 2 aromatic carbocycles. The zero-order valence-electron chi connectivity index (χ0n) is 13.6. The summed E-state index contributed by atoms with van der Waals surface area (Å²) >= 11 is 5.67. The van der Waals surface area contributed by atoms with Crippen LogP contribution in [0.5, 0.6) is 5.75 Å². The Morgan fingerprint density at radius 3 is 2.37 bits per heavy atom.